The van der Waals surface area contributed by atoms with Gasteiger partial charge in [-0.1, -0.05) is 36.2 Å². The van der Waals surface area contributed by atoms with Gasteiger partial charge in [-0.25, -0.2) is 0 Å². The van der Waals surface area contributed by atoms with Crippen molar-refractivity contribution < 1.29 is 4.79 Å². The van der Waals surface area contributed by atoms with Gasteiger partial charge in [0.25, 0.3) is 0 Å². The maximum Gasteiger partial charge on any atom is 0.238 e. The minimum atomic E-state index is -0.152. The van der Waals surface area contributed by atoms with Crippen LogP contribution in [0.3, 0.4) is 0 Å². The lowest BCUT2D eigenvalue weighted by atomic mass is 10.3. The van der Waals surface area contributed by atoms with Crippen molar-refractivity contribution >= 4 is 34.8 Å². The number of carbonyl (C=O) groups is 1. The van der Waals surface area contributed by atoms with Crippen molar-refractivity contribution in [1.82, 2.24) is 4.90 Å². The van der Waals surface area contributed by atoms with E-state index in [0.29, 0.717) is 28.8 Å². The Labute approximate surface area is 117 Å². The summed E-state index contributed by atoms with van der Waals surface area (Å²) >= 11 is 11.9. The van der Waals surface area contributed by atoms with Crippen LogP contribution in [-0.4, -0.2) is 37.0 Å². The van der Waals surface area contributed by atoms with Gasteiger partial charge >= 0.3 is 0 Å². The van der Waals surface area contributed by atoms with Crippen molar-refractivity contribution in [3.8, 4) is 0 Å². The predicted molar refractivity (Wildman–Crippen MR) is 76.3 cm³/mol. The summed E-state index contributed by atoms with van der Waals surface area (Å²) in [5.41, 5.74) is 5.92. The number of rotatable bonds is 6. The Balaban J connectivity index is 2.64. The van der Waals surface area contributed by atoms with Crippen molar-refractivity contribution in [2.24, 2.45) is 5.73 Å². The summed E-state index contributed by atoms with van der Waals surface area (Å²) in [5, 5.41) is 3.57. The highest BCUT2D eigenvalue weighted by molar-refractivity contribution is 6.39. The molecule has 0 unspecified atom stereocenters. The van der Waals surface area contributed by atoms with Gasteiger partial charge in [0.1, 0.15) is 0 Å². The molecule has 0 fully saturated rings. The Morgan fingerprint density at radius 1 is 1.39 bits per heavy atom. The predicted octanol–water partition coefficient (Wildman–Crippen LogP) is 2.21. The normalized spacial score (nSPS) is 10.7. The Bertz CT molecular complexity index is 392. The van der Waals surface area contributed by atoms with Crippen LogP contribution in [0.5, 0.6) is 0 Å². The molecule has 0 heterocycles. The molecule has 0 spiro atoms. The van der Waals surface area contributed by atoms with E-state index in [1.54, 1.807) is 18.2 Å². The van der Waals surface area contributed by atoms with E-state index in [1.807, 2.05) is 11.8 Å². The summed E-state index contributed by atoms with van der Waals surface area (Å²) in [6, 6.07) is 5.09. The summed E-state index contributed by atoms with van der Waals surface area (Å²) < 4.78 is 0. The van der Waals surface area contributed by atoms with Crippen LogP contribution >= 0.6 is 23.2 Å². The number of nitrogens with zero attached hydrogens (tertiary/aromatic N) is 1. The van der Waals surface area contributed by atoms with Gasteiger partial charge in [-0.05, 0) is 18.7 Å². The second-order valence-electron chi connectivity index (χ2n) is 3.80. The summed E-state index contributed by atoms with van der Waals surface area (Å²) in [5.74, 6) is -0.152. The molecule has 0 aliphatic rings. The topological polar surface area (TPSA) is 58.4 Å². The number of carbonyl (C=O) groups excluding carboxylic acids is 1. The van der Waals surface area contributed by atoms with Crippen LogP contribution in [-0.2, 0) is 4.79 Å². The first-order chi connectivity index (χ1) is 8.58. The van der Waals surface area contributed by atoms with E-state index in [1.165, 1.54) is 0 Å². The van der Waals surface area contributed by atoms with Crippen LogP contribution in [0.1, 0.15) is 6.92 Å². The van der Waals surface area contributed by atoms with Crippen LogP contribution < -0.4 is 11.1 Å². The first-order valence-electron chi connectivity index (χ1n) is 5.74. The molecule has 0 saturated carbocycles. The van der Waals surface area contributed by atoms with E-state index in [-0.39, 0.29) is 12.5 Å². The number of hydrogen-bond acceptors (Lipinski definition) is 3. The van der Waals surface area contributed by atoms with Crippen molar-refractivity contribution in [3.63, 3.8) is 0 Å². The van der Waals surface area contributed by atoms with Crippen LogP contribution in [0.2, 0.25) is 10.0 Å². The molecule has 1 amide bonds. The van der Waals surface area contributed by atoms with E-state index >= 15 is 0 Å². The largest absolute Gasteiger partial charge is 0.329 e. The minimum absolute atomic E-state index is 0.152. The summed E-state index contributed by atoms with van der Waals surface area (Å²) in [7, 11) is 0. The molecule has 4 nitrogen and oxygen atoms in total. The summed E-state index contributed by atoms with van der Waals surface area (Å²) in [6.45, 7) is 4.22. The number of likely N-dealkylation sites (N-methyl/N-ethyl adjacent to an activating group) is 1. The lowest BCUT2D eigenvalue weighted by Crippen LogP contribution is -2.36. The Morgan fingerprint density at radius 2 is 2.00 bits per heavy atom. The van der Waals surface area contributed by atoms with Gasteiger partial charge in [0, 0.05) is 13.1 Å². The summed E-state index contributed by atoms with van der Waals surface area (Å²) in [4.78, 5) is 13.8. The van der Waals surface area contributed by atoms with Crippen LogP contribution in [0, 0.1) is 0 Å². The Kier molecular flexibility index (Phi) is 6.43. The van der Waals surface area contributed by atoms with Gasteiger partial charge in [-0.15, -0.1) is 0 Å². The molecule has 0 aliphatic carbocycles. The molecule has 0 bridgehead atoms. The van der Waals surface area contributed by atoms with E-state index < -0.39 is 0 Å². The molecule has 1 rings (SSSR count). The molecular weight excluding hydrogens is 273 g/mol. The van der Waals surface area contributed by atoms with Crippen molar-refractivity contribution in [2.45, 2.75) is 6.92 Å². The van der Waals surface area contributed by atoms with Gasteiger partial charge in [0.2, 0.25) is 5.91 Å². The fourth-order valence-corrected chi connectivity index (χ4v) is 2.02. The van der Waals surface area contributed by atoms with Gasteiger partial charge in [0.05, 0.1) is 22.3 Å². The zero-order valence-corrected chi connectivity index (χ0v) is 11.8. The number of benzene rings is 1. The van der Waals surface area contributed by atoms with Crippen molar-refractivity contribution in [2.75, 3.05) is 31.5 Å². The van der Waals surface area contributed by atoms with Gasteiger partial charge in [-0.2, -0.15) is 0 Å². The molecule has 0 aromatic heterocycles. The number of amides is 1. The Hall–Kier alpha value is -0.810. The van der Waals surface area contributed by atoms with E-state index in [9.17, 15) is 4.79 Å². The number of halogens is 2. The monoisotopic (exact) mass is 289 g/mol. The second kappa shape index (κ2) is 7.59. The molecule has 18 heavy (non-hydrogen) atoms. The molecule has 0 aliphatic heterocycles. The SMILES string of the molecule is CCN(CCN)CC(=O)Nc1c(Cl)cccc1Cl. The molecule has 6 heteroatoms. The average Bonchev–Trinajstić information content (AvgIpc) is 2.33. The van der Waals surface area contributed by atoms with Gasteiger partial charge < -0.3 is 11.1 Å². The smallest absolute Gasteiger partial charge is 0.238 e. The number of nitrogens with two attached hydrogens (primary N) is 1. The van der Waals surface area contributed by atoms with Crippen LogP contribution in [0.4, 0.5) is 5.69 Å². The van der Waals surface area contributed by atoms with Crippen LogP contribution in [0.25, 0.3) is 0 Å². The fourth-order valence-electron chi connectivity index (χ4n) is 1.53. The molecule has 100 valence electrons. The first-order valence-corrected chi connectivity index (χ1v) is 6.50. The molecule has 1 aromatic rings. The zero-order chi connectivity index (χ0) is 13.5. The second-order valence-corrected chi connectivity index (χ2v) is 4.62. The quantitative estimate of drug-likeness (QED) is 0.844. The van der Waals surface area contributed by atoms with E-state index in [4.69, 9.17) is 28.9 Å². The number of nitrogens with one attached hydrogen (secondary N) is 1. The maximum atomic E-state index is 11.9. The number of para-hydroxylation sites is 1. The Morgan fingerprint density at radius 3 is 2.50 bits per heavy atom. The van der Waals surface area contributed by atoms with E-state index in [2.05, 4.69) is 5.32 Å². The lowest BCUT2D eigenvalue weighted by molar-refractivity contribution is -0.117. The van der Waals surface area contributed by atoms with Crippen molar-refractivity contribution in [3.05, 3.63) is 28.2 Å². The molecule has 3 N–H and O–H groups in total. The highest BCUT2D eigenvalue weighted by Crippen LogP contribution is 2.29. The lowest BCUT2D eigenvalue weighted by Gasteiger charge is -2.19. The van der Waals surface area contributed by atoms with Gasteiger partial charge in [0.15, 0.2) is 0 Å². The molecule has 0 saturated heterocycles. The number of anilines is 1. The van der Waals surface area contributed by atoms with Crippen molar-refractivity contribution in [1.29, 1.82) is 0 Å². The van der Waals surface area contributed by atoms with E-state index in [0.717, 1.165) is 6.54 Å². The average molecular weight is 290 g/mol. The molecule has 0 radical (unpaired) electrons. The molecule has 0 atom stereocenters. The standard InChI is InChI=1S/C12H17Cl2N3O/c1-2-17(7-6-15)8-11(18)16-12-9(13)4-3-5-10(12)14/h3-5H,2,6-8,15H2,1H3,(H,16,18). The third-order valence-corrected chi connectivity index (χ3v) is 3.12. The molecule has 1 aromatic carbocycles. The third-order valence-electron chi connectivity index (χ3n) is 2.49. The highest BCUT2D eigenvalue weighted by Gasteiger charge is 2.12. The minimum Gasteiger partial charge on any atom is -0.329 e. The summed E-state index contributed by atoms with van der Waals surface area (Å²) in [6.07, 6.45) is 0. The molecular formula is C12H17Cl2N3O. The zero-order valence-electron chi connectivity index (χ0n) is 10.2. The number of hydrogen-bond donors (Lipinski definition) is 2. The van der Waals surface area contributed by atoms with Crippen LogP contribution in [0.15, 0.2) is 18.2 Å². The third kappa shape index (κ3) is 4.46. The highest BCUT2D eigenvalue weighted by atomic mass is 35.5. The van der Waals surface area contributed by atoms with Gasteiger partial charge in [-0.3, -0.25) is 9.69 Å². The first kappa shape index (κ1) is 15.2. The maximum absolute atomic E-state index is 11.9. The fraction of sp³-hybridized carbons (Fsp3) is 0.417.